The summed E-state index contributed by atoms with van der Waals surface area (Å²) in [7, 11) is 1.63. The number of carbonyl (C=O) groups is 1. The molecule has 1 amide bonds. The van der Waals surface area contributed by atoms with Crippen molar-refractivity contribution in [2.45, 2.75) is 13.8 Å². The maximum atomic E-state index is 13.3. The molecule has 3 rings (SSSR count). The first-order chi connectivity index (χ1) is 14.1. The van der Waals surface area contributed by atoms with Crippen LogP contribution in [0.4, 0.5) is 5.13 Å². The number of anilines is 1. The summed E-state index contributed by atoms with van der Waals surface area (Å²) in [5.41, 5.74) is 1.90. The fourth-order valence-electron chi connectivity index (χ4n) is 3.14. The van der Waals surface area contributed by atoms with Crippen LogP contribution in [0.15, 0.2) is 42.5 Å². The van der Waals surface area contributed by atoms with E-state index in [0.29, 0.717) is 22.8 Å². The second-order valence-corrected chi connectivity index (χ2v) is 7.69. The molecule has 7 heteroatoms. The molecule has 1 aromatic heterocycles. The van der Waals surface area contributed by atoms with Crippen LogP contribution in [-0.4, -0.2) is 44.2 Å². The number of aromatic nitrogens is 1. The van der Waals surface area contributed by atoms with Gasteiger partial charge in [-0.1, -0.05) is 11.3 Å². The smallest absolute Gasteiger partial charge is 0.260 e. The molecule has 0 unspecified atom stereocenters. The Hall–Kier alpha value is -2.95. The summed E-state index contributed by atoms with van der Waals surface area (Å²) in [6.07, 6.45) is 0. The number of hydrogen-bond acceptors (Lipinski definition) is 5. The Morgan fingerprint density at radius 1 is 1.21 bits per heavy atom. The first-order valence-corrected chi connectivity index (χ1v) is 10.5. The minimum Gasteiger partial charge on any atom is -0.497 e. The molecule has 0 fully saturated rings. The summed E-state index contributed by atoms with van der Waals surface area (Å²) in [5, 5.41) is 9.69. The number of thiazole rings is 1. The number of nitrogens with zero attached hydrogens (tertiary/aromatic N) is 3. The summed E-state index contributed by atoms with van der Waals surface area (Å²) in [4.78, 5) is 21.2. The van der Waals surface area contributed by atoms with Crippen molar-refractivity contribution in [2.24, 2.45) is 0 Å². The Balaban J connectivity index is 1.95. The summed E-state index contributed by atoms with van der Waals surface area (Å²) < 4.78 is 6.30. The molecule has 1 heterocycles. The molecule has 3 aromatic rings. The number of carbonyl (C=O) groups excluding carboxylic acids is 1. The van der Waals surface area contributed by atoms with E-state index in [1.807, 2.05) is 18.2 Å². The zero-order valence-electron chi connectivity index (χ0n) is 16.9. The van der Waals surface area contributed by atoms with Crippen molar-refractivity contribution in [2.75, 3.05) is 38.2 Å². The van der Waals surface area contributed by atoms with Crippen molar-refractivity contribution in [3.63, 3.8) is 0 Å². The molecular weight excluding hydrogens is 384 g/mol. The maximum absolute atomic E-state index is 13.3. The van der Waals surface area contributed by atoms with Gasteiger partial charge in [-0.3, -0.25) is 9.69 Å². The van der Waals surface area contributed by atoms with Gasteiger partial charge in [-0.2, -0.15) is 5.26 Å². The van der Waals surface area contributed by atoms with E-state index in [2.05, 4.69) is 19.9 Å². The van der Waals surface area contributed by atoms with Crippen LogP contribution in [0.25, 0.3) is 10.2 Å². The topological polar surface area (TPSA) is 70.7 Å². The van der Waals surface area contributed by atoms with Gasteiger partial charge in [0.2, 0.25) is 0 Å². The van der Waals surface area contributed by atoms with E-state index in [4.69, 9.17) is 15.0 Å². The fraction of sp³-hybridized carbons (Fsp3) is 0.318. The van der Waals surface area contributed by atoms with E-state index in [-0.39, 0.29) is 5.91 Å². The van der Waals surface area contributed by atoms with Crippen molar-refractivity contribution in [3.8, 4) is 11.8 Å². The molecule has 6 nitrogen and oxygen atoms in total. The lowest BCUT2D eigenvalue weighted by atomic mass is 10.1. The molecule has 1 N–H and O–H groups in total. The zero-order valence-corrected chi connectivity index (χ0v) is 17.8. The van der Waals surface area contributed by atoms with Crippen molar-refractivity contribution >= 4 is 32.6 Å². The number of nitriles is 1. The zero-order chi connectivity index (χ0) is 20.8. The molecule has 0 spiro atoms. The molecule has 0 aliphatic rings. The Bertz CT molecular complexity index is 1020. The van der Waals surface area contributed by atoms with Gasteiger partial charge in [-0.05, 0) is 50.2 Å². The predicted molar refractivity (Wildman–Crippen MR) is 116 cm³/mol. The van der Waals surface area contributed by atoms with Crippen LogP contribution in [-0.2, 0) is 0 Å². The number of benzene rings is 2. The Morgan fingerprint density at radius 2 is 1.93 bits per heavy atom. The van der Waals surface area contributed by atoms with Gasteiger partial charge in [0, 0.05) is 11.6 Å². The molecule has 0 radical (unpaired) electrons. The van der Waals surface area contributed by atoms with E-state index in [1.165, 1.54) is 16.2 Å². The van der Waals surface area contributed by atoms with Gasteiger partial charge in [-0.25, -0.2) is 4.98 Å². The summed E-state index contributed by atoms with van der Waals surface area (Å²) in [6.45, 7) is 7.73. The molecule has 150 valence electrons. The molecule has 0 saturated heterocycles. The average Bonchev–Trinajstić information content (AvgIpc) is 3.19. The maximum Gasteiger partial charge on any atom is 0.260 e. The highest BCUT2D eigenvalue weighted by atomic mass is 32.1. The monoisotopic (exact) mass is 409 g/mol. The molecule has 29 heavy (non-hydrogen) atoms. The van der Waals surface area contributed by atoms with E-state index in [9.17, 15) is 4.79 Å². The first kappa shape index (κ1) is 20.8. The quantitative estimate of drug-likeness (QED) is 0.621. The number of ether oxygens (including phenoxy) is 1. The molecule has 0 atom stereocenters. The third-order valence-corrected chi connectivity index (χ3v) is 6.07. The minimum atomic E-state index is -0.105. The number of methoxy groups -OCH3 is 1. The van der Waals surface area contributed by atoms with E-state index in [0.717, 1.165) is 35.6 Å². The van der Waals surface area contributed by atoms with Crippen LogP contribution in [0.3, 0.4) is 0 Å². The minimum absolute atomic E-state index is 0.105. The van der Waals surface area contributed by atoms with Crippen LogP contribution in [0.5, 0.6) is 5.75 Å². The Labute approximate surface area is 175 Å². The van der Waals surface area contributed by atoms with Crippen molar-refractivity contribution in [3.05, 3.63) is 53.6 Å². The predicted octanol–water partition coefficient (Wildman–Crippen LogP) is 2.75. The van der Waals surface area contributed by atoms with Gasteiger partial charge < -0.3 is 9.64 Å². The van der Waals surface area contributed by atoms with Gasteiger partial charge in [0.05, 0.1) is 55.1 Å². The van der Waals surface area contributed by atoms with Crippen molar-refractivity contribution in [1.82, 2.24) is 4.98 Å². The van der Waals surface area contributed by atoms with E-state index in [1.54, 1.807) is 36.3 Å². The molecule has 2 aromatic carbocycles. The molecule has 0 bridgehead atoms. The van der Waals surface area contributed by atoms with Gasteiger partial charge in [-0.15, -0.1) is 0 Å². The lowest BCUT2D eigenvalue weighted by Gasteiger charge is -2.23. The SMILES string of the molecule is CC[NH+](CC)CCN(C(=O)c1ccc(C#N)cc1)c1nc2cc(OC)ccc2s1. The standard InChI is InChI=1S/C22H24N4O2S/c1-4-25(5-2)12-13-26(21(27)17-8-6-16(15-23)7-9-17)22-24-19-14-18(28-3)10-11-20(19)29-22/h6-11,14H,4-5,12-13H2,1-3H3/p+1. The number of hydrogen-bond donors (Lipinski definition) is 1. The highest BCUT2D eigenvalue weighted by Gasteiger charge is 2.23. The summed E-state index contributed by atoms with van der Waals surface area (Å²) in [6, 6.07) is 14.6. The van der Waals surface area contributed by atoms with Gasteiger partial charge >= 0.3 is 0 Å². The normalized spacial score (nSPS) is 10.9. The van der Waals surface area contributed by atoms with Crippen LogP contribution < -0.4 is 14.5 Å². The molecule has 0 aliphatic heterocycles. The summed E-state index contributed by atoms with van der Waals surface area (Å²) >= 11 is 1.50. The number of quaternary nitrogens is 1. The van der Waals surface area contributed by atoms with Crippen molar-refractivity contribution < 1.29 is 14.4 Å². The van der Waals surface area contributed by atoms with Crippen LogP contribution >= 0.6 is 11.3 Å². The third-order valence-electron chi connectivity index (χ3n) is 5.01. The highest BCUT2D eigenvalue weighted by molar-refractivity contribution is 7.22. The van der Waals surface area contributed by atoms with E-state index < -0.39 is 0 Å². The third kappa shape index (κ3) is 4.73. The molecule has 0 saturated carbocycles. The Morgan fingerprint density at radius 3 is 2.55 bits per heavy atom. The molecular formula is C22H25N4O2S+. The highest BCUT2D eigenvalue weighted by Crippen LogP contribution is 2.31. The number of amides is 1. The van der Waals surface area contributed by atoms with Gasteiger partial charge in [0.25, 0.3) is 5.91 Å². The second kappa shape index (κ2) is 9.50. The largest absolute Gasteiger partial charge is 0.497 e. The second-order valence-electron chi connectivity index (χ2n) is 6.68. The van der Waals surface area contributed by atoms with Crippen LogP contribution in [0, 0.1) is 11.3 Å². The molecule has 0 aliphatic carbocycles. The first-order valence-electron chi connectivity index (χ1n) is 9.69. The van der Waals surface area contributed by atoms with Gasteiger partial charge in [0.15, 0.2) is 5.13 Å². The number of nitrogens with one attached hydrogen (secondary N) is 1. The number of fused-ring (bicyclic) bond motifs is 1. The van der Waals surface area contributed by atoms with Crippen LogP contribution in [0.1, 0.15) is 29.8 Å². The van der Waals surface area contributed by atoms with Crippen LogP contribution in [0.2, 0.25) is 0 Å². The number of rotatable bonds is 8. The van der Waals surface area contributed by atoms with Gasteiger partial charge in [0.1, 0.15) is 5.75 Å². The number of likely N-dealkylation sites (N-methyl/N-ethyl adjacent to an activating group) is 1. The fourth-order valence-corrected chi connectivity index (χ4v) is 4.11. The Kier molecular flexibility index (Phi) is 6.81. The average molecular weight is 410 g/mol. The van der Waals surface area contributed by atoms with Crippen molar-refractivity contribution in [1.29, 1.82) is 5.26 Å². The lowest BCUT2D eigenvalue weighted by molar-refractivity contribution is -0.894. The lowest BCUT2D eigenvalue weighted by Crippen LogP contribution is -3.12. The van der Waals surface area contributed by atoms with E-state index >= 15 is 0 Å². The summed E-state index contributed by atoms with van der Waals surface area (Å²) in [5.74, 6) is 0.638.